The van der Waals surface area contributed by atoms with Crippen molar-refractivity contribution in [3.8, 4) is 0 Å². The third kappa shape index (κ3) is 4.59. The van der Waals surface area contributed by atoms with Gasteiger partial charge in [-0.2, -0.15) is 0 Å². The van der Waals surface area contributed by atoms with Crippen LogP contribution in [0.25, 0.3) is 0 Å². The van der Waals surface area contributed by atoms with E-state index in [1.54, 1.807) is 12.1 Å². The summed E-state index contributed by atoms with van der Waals surface area (Å²) >= 11 is 13.8. The second kappa shape index (κ2) is 7.80. The van der Waals surface area contributed by atoms with Gasteiger partial charge in [-0.25, -0.2) is 4.79 Å². The summed E-state index contributed by atoms with van der Waals surface area (Å²) in [4.78, 5) is 23.7. The molecule has 0 fully saturated rings. The van der Waals surface area contributed by atoms with E-state index in [0.717, 1.165) is 3.57 Å². The van der Waals surface area contributed by atoms with E-state index in [1.165, 1.54) is 18.2 Å². The predicted molar refractivity (Wildman–Crippen MR) is 94.5 cm³/mol. The minimum Gasteiger partial charge on any atom is -0.452 e. The fourth-order valence-corrected chi connectivity index (χ4v) is 2.62. The highest BCUT2D eigenvalue weighted by Crippen LogP contribution is 2.21. The Morgan fingerprint density at radius 1 is 1.14 bits per heavy atom. The third-order valence-corrected chi connectivity index (χ3v) is 4.12. The van der Waals surface area contributed by atoms with Crippen LogP contribution in [-0.4, -0.2) is 18.5 Å². The first kappa shape index (κ1) is 17.1. The second-order valence-corrected chi connectivity index (χ2v) is 6.23. The number of para-hydroxylation sites is 1. The van der Waals surface area contributed by atoms with E-state index < -0.39 is 18.5 Å². The van der Waals surface area contributed by atoms with Gasteiger partial charge in [0.25, 0.3) is 5.91 Å². The number of carbonyl (C=O) groups is 2. The molecule has 0 aromatic heterocycles. The number of benzene rings is 2. The van der Waals surface area contributed by atoms with Crippen molar-refractivity contribution >= 4 is 63.4 Å². The van der Waals surface area contributed by atoms with Gasteiger partial charge in [-0.3, -0.25) is 4.79 Å². The molecular formula is C15H10Cl2INO3. The standard InChI is InChI=1S/C15H10Cl2INO3/c16-9-5-6-10(11(17)7-9)15(21)22-8-14(20)19-13-4-2-1-3-12(13)18/h1-7H,8H2,(H,19,20). The number of hydrogen-bond donors (Lipinski definition) is 1. The van der Waals surface area contributed by atoms with E-state index in [0.29, 0.717) is 10.7 Å². The molecule has 0 aliphatic rings. The number of halogens is 3. The van der Waals surface area contributed by atoms with Crippen molar-refractivity contribution in [3.05, 3.63) is 61.6 Å². The number of esters is 1. The number of nitrogens with one attached hydrogen (secondary N) is 1. The number of carbonyl (C=O) groups excluding carboxylic acids is 2. The molecule has 2 aromatic carbocycles. The molecule has 0 aliphatic carbocycles. The van der Waals surface area contributed by atoms with Gasteiger partial charge in [-0.05, 0) is 52.9 Å². The number of amides is 1. The molecule has 0 saturated heterocycles. The van der Waals surface area contributed by atoms with Gasteiger partial charge >= 0.3 is 5.97 Å². The van der Waals surface area contributed by atoms with Gasteiger partial charge in [0.05, 0.1) is 16.3 Å². The monoisotopic (exact) mass is 449 g/mol. The highest BCUT2D eigenvalue weighted by molar-refractivity contribution is 14.1. The molecule has 0 radical (unpaired) electrons. The molecule has 2 rings (SSSR count). The molecule has 2 aromatic rings. The molecule has 1 amide bonds. The summed E-state index contributed by atoms with van der Waals surface area (Å²) in [6.45, 7) is -0.400. The Hall–Kier alpha value is -1.31. The highest BCUT2D eigenvalue weighted by atomic mass is 127. The Labute approximate surface area is 150 Å². The van der Waals surface area contributed by atoms with Crippen LogP contribution in [0.1, 0.15) is 10.4 Å². The largest absolute Gasteiger partial charge is 0.452 e. The van der Waals surface area contributed by atoms with E-state index in [-0.39, 0.29) is 10.6 Å². The van der Waals surface area contributed by atoms with Gasteiger partial charge in [0, 0.05) is 8.59 Å². The summed E-state index contributed by atoms with van der Waals surface area (Å²) in [5, 5.41) is 3.25. The topological polar surface area (TPSA) is 55.4 Å². The second-order valence-electron chi connectivity index (χ2n) is 4.23. The van der Waals surface area contributed by atoms with Crippen LogP contribution in [0.5, 0.6) is 0 Å². The Bertz CT molecular complexity index is 722. The molecule has 114 valence electrons. The van der Waals surface area contributed by atoms with Gasteiger partial charge < -0.3 is 10.1 Å². The molecule has 0 saturated carbocycles. The summed E-state index contributed by atoms with van der Waals surface area (Å²) < 4.78 is 5.83. The smallest absolute Gasteiger partial charge is 0.340 e. The van der Waals surface area contributed by atoms with Crippen LogP contribution in [-0.2, 0) is 9.53 Å². The van der Waals surface area contributed by atoms with Gasteiger partial charge in [-0.1, -0.05) is 35.3 Å². The normalized spacial score (nSPS) is 10.1. The van der Waals surface area contributed by atoms with Crippen LogP contribution in [0.15, 0.2) is 42.5 Å². The molecule has 0 bridgehead atoms. The molecule has 0 heterocycles. The zero-order valence-electron chi connectivity index (χ0n) is 11.1. The molecule has 0 aliphatic heterocycles. The first-order chi connectivity index (χ1) is 10.5. The summed E-state index contributed by atoms with van der Waals surface area (Å²) in [6.07, 6.45) is 0. The lowest BCUT2D eigenvalue weighted by atomic mass is 10.2. The Balaban J connectivity index is 1.93. The molecule has 0 unspecified atom stereocenters. The Morgan fingerprint density at radius 2 is 1.86 bits per heavy atom. The molecule has 0 spiro atoms. The van der Waals surface area contributed by atoms with Gasteiger partial charge in [-0.15, -0.1) is 0 Å². The van der Waals surface area contributed by atoms with Crippen molar-refractivity contribution in [2.24, 2.45) is 0 Å². The fraction of sp³-hybridized carbons (Fsp3) is 0.0667. The zero-order valence-corrected chi connectivity index (χ0v) is 14.8. The maximum absolute atomic E-state index is 11.9. The van der Waals surface area contributed by atoms with Crippen LogP contribution in [0.2, 0.25) is 10.0 Å². The van der Waals surface area contributed by atoms with Crippen molar-refractivity contribution in [1.29, 1.82) is 0 Å². The molecule has 1 N–H and O–H groups in total. The molecular weight excluding hydrogens is 440 g/mol. The average Bonchev–Trinajstić information content (AvgIpc) is 2.47. The number of anilines is 1. The SMILES string of the molecule is O=C(COC(=O)c1ccc(Cl)cc1Cl)Nc1ccccc1I. The lowest BCUT2D eigenvalue weighted by Gasteiger charge is -2.08. The minimum absolute atomic E-state index is 0.160. The van der Waals surface area contributed by atoms with E-state index in [1.807, 2.05) is 12.1 Å². The van der Waals surface area contributed by atoms with Crippen LogP contribution in [0, 0.1) is 3.57 Å². The van der Waals surface area contributed by atoms with Crippen molar-refractivity contribution in [3.63, 3.8) is 0 Å². The zero-order chi connectivity index (χ0) is 16.1. The van der Waals surface area contributed by atoms with E-state index >= 15 is 0 Å². The van der Waals surface area contributed by atoms with Crippen molar-refractivity contribution < 1.29 is 14.3 Å². The van der Waals surface area contributed by atoms with E-state index in [9.17, 15) is 9.59 Å². The van der Waals surface area contributed by atoms with E-state index in [4.69, 9.17) is 27.9 Å². The van der Waals surface area contributed by atoms with Crippen LogP contribution in [0.3, 0.4) is 0 Å². The summed E-state index contributed by atoms with van der Waals surface area (Å²) in [5.74, 6) is -1.11. The quantitative estimate of drug-likeness (QED) is 0.556. The summed E-state index contributed by atoms with van der Waals surface area (Å²) in [5.41, 5.74) is 0.821. The van der Waals surface area contributed by atoms with Crippen LogP contribution >= 0.6 is 45.8 Å². The Morgan fingerprint density at radius 3 is 2.55 bits per heavy atom. The maximum Gasteiger partial charge on any atom is 0.340 e. The lowest BCUT2D eigenvalue weighted by Crippen LogP contribution is -2.21. The number of rotatable bonds is 4. The Kier molecular flexibility index (Phi) is 6.05. The van der Waals surface area contributed by atoms with Crippen molar-refractivity contribution in [2.75, 3.05) is 11.9 Å². The summed E-state index contributed by atoms with van der Waals surface area (Å²) in [6, 6.07) is 11.7. The average molecular weight is 450 g/mol. The first-order valence-corrected chi connectivity index (χ1v) is 7.97. The highest BCUT2D eigenvalue weighted by Gasteiger charge is 2.14. The molecule has 0 atom stereocenters. The third-order valence-electron chi connectivity index (χ3n) is 2.63. The first-order valence-electron chi connectivity index (χ1n) is 6.14. The predicted octanol–water partition coefficient (Wildman–Crippen LogP) is 4.39. The summed E-state index contributed by atoms with van der Waals surface area (Å²) in [7, 11) is 0. The lowest BCUT2D eigenvalue weighted by molar-refractivity contribution is -0.119. The number of hydrogen-bond acceptors (Lipinski definition) is 3. The van der Waals surface area contributed by atoms with Crippen LogP contribution < -0.4 is 5.32 Å². The fourth-order valence-electron chi connectivity index (χ4n) is 1.61. The van der Waals surface area contributed by atoms with Crippen LogP contribution in [0.4, 0.5) is 5.69 Å². The van der Waals surface area contributed by atoms with Gasteiger partial charge in [0.1, 0.15) is 0 Å². The molecule has 4 nitrogen and oxygen atoms in total. The van der Waals surface area contributed by atoms with Gasteiger partial charge in [0.2, 0.25) is 0 Å². The number of ether oxygens (including phenoxy) is 1. The van der Waals surface area contributed by atoms with Crippen molar-refractivity contribution in [2.45, 2.75) is 0 Å². The minimum atomic E-state index is -0.681. The van der Waals surface area contributed by atoms with Crippen molar-refractivity contribution in [1.82, 2.24) is 0 Å². The van der Waals surface area contributed by atoms with E-state index in [2.05, 4.69) is 27.9 Å². The van der Waals surface area contributed by atoms with Gasteiger partial charge in [0.15, 0.2) is 6.61 Å². The molecule has 22 heavy (non-hydrogen) atoms. The maximum atomic E-state index is 11.9. The molecule has 7 heteroatoms.